The van der Waals surface area contributed by atoms with Gasteiger partial charge in [-0.25, -0.2) is 0 Å². The van der Waals surface area contributed by atoms with E-state index in [9.17, 15) is 0 Å². The first-order valence-electron chi connectivity index (χ1n) is 6.14. The molecule has 108 valence electrons. The van der Waals surface area contributed by atoms with Gasteiger partial charge in [0, 0.05) is 25.8 Å². The Hall–Kier alpha value is 2.31. The van der Waals surface area contributed by atoms with Gasteiger partial charge in [0.2, 0.25) is 0 Å². The minimum Gasteiger partial charge on any atom is -1.00 e. The summed E-state index contributed by atoms with van der Waals surface area (Å²) >= 11 is 0. The van der Waals surface area contributed by atoms with Gasteiger partial charge < -0.3 is 24.8 Å². The largest absolute Gasteiger partial charge is 1.00 e. The van der Waals surface area contributed by atoms with E-state index in [2.05, 4.69) is 41.5 Å². The predicted molar refractivity (Wildman–Crippen MR) is 77.1 cm³/mol. The molecule has 0 aromatic carbocycles. The van der Waals surface area contributed by atoms with Gasteiger partial charge in [0.1, 0.15) is 0 Å². The molecule has 0 unspecified atom stereocenters. The second-order valence-corrected chi connectivity index (χ2v) is 9.72. The predicted octanol–water partition coefficient (Wildman–Crippen LogP) is -0.938. The Morgan fingerprint density at radius 2 is 0.588 bits per heavy atom. The Balaban J connectivity index is -0.0000000480. The summed E-state index contributed by atoms with van der Waals surface area (Å²) in [5.74, 6) is 0. The zero-order valence-electron chi connectivity index (χ0n) is 12.4. The third kappa shape index (κ3) is 23.8. The fourth-order valence-corrected chi connectivity index (χ4v) is 4.02. The fourth-order valence-electron chi connectivity index (χ4n) is 1.34. The van der Waals surface area contributed by atoms with Crippen LogP contribution >= 0.6 is 15.8 Å². The second kappa shape index (κ2) is 26.8. The Kier molecular flexibility index (Phi) is 49.8. The van der Waals surface area contributed by atoms with Crippen LogP contribution in [0.5, 0.6) is 0 Å². The summed E-state index contributed by atoms with van der Waals surface area (Å²) in [5.41, 5.74) is 0. The molecule has 0 aliphatic rings. The maximum atomic E-state index is 2.29. The summed E-state index contributed by atoms with van der Waals surface area (Å²) < 4.78 is 0. The summed E-state index contributed by atoms with van der Waals surface area (Å²) in [4.78, 5) is 0. The summed E-state index contributed by atoms with van der Waals surface area (Å²) in [7, 11) is 0.892. The van der Waals surface area contributed by atoms with E-state index in [1.807, 2.05) is 0 Å². The molecular formula is C12H30Cl2HfP2-2. The van der Waals surface area contributed by atoms with Crippen molar-refractivity contribution in [2.24, 2.45) is 0 Å². The smallest absolute Gasteiger partial charge is 0 e. The summed E-state index contributed by atoms with van der Waals surface area (Å²) in [6, 6.07) is 0. The van der Waals surface area contributed by atoms with Crippen LogP contribution in [0.1, 0.15) is 41.5 Å². The van der Waals surface area contributed by atoms with Crippen molar-refractivity contribution in [3.05, 3.63) is 0 Å². The molecule has 0 nitrogen and oxygen atoms in total. The quantitative estimate of drug-likeness (QED) is 0.337. The molecule has 0 N–H and O–H groups in total. The number of hydrogen-bond acceptors (Lipinski definition) is 0. The van der Waals surface area contributed by atoms with E-state index in [1.165, 1.54) is 37.0 Å². The number of halogens is 2. The standard InChI is InChI=1S/2C6H15P.2ClH.Hf/c2*1-4-7(5-2)6-3;;;/h2*4-6H2,1-3H3;2*1H;/p-2. The molecular weight excluding hydrogens is 455 g/mol. The molecule has 0 spiro atoms. The van der Waals surface area contributed by atoms with Crippen LogP contribution in [0.2, 0.25) is 0 Å². The molecule has 0 heterocycles. The van der Waals surface area contributed by atoms with Gasteiger partial charge in [-0.1, -0.05) is 41.5 Å². The van der Waals surface area contributed by atoms with Gasteiger partial charge in [0.05, 0.1) is 0 Å². The SMILES string of the molecule is CCP(CC)CC.CCP(CC)CC.[Cl-].[Cl-].[Hf]. The van der Waals surface area contributed by atoms with Crippen molar-refractivity contribution >= 4 is 15.8 Å². The van der Waals surface area contributed by atoms with E-state index in [1.54, 1.807) is 0 Å². The van der Waals surface area contributed by atoms with Crippen molar-refractivity contribution in [2.45, 2.75) is 41.5 Å². The first kappa shape index (κ1) is 31.6. The van der Waals surface area contributed by atoms with Crippen molar-refractivity contribution in [1.82, 2.24) is 0 Å². The second-order valence-electron chi connectivity index (χ2n) is 3.24. The molecule has 5 heteroatoms. The third-order valence-corrected chi connectivity index (χ3v) is 8.05. The van der Waals surface area contributed by atoms with Crippen LogP contribution in [0.25, 0.3) is 0 Å². The van der Waals surface area contributed by atoms with Gasteiger partial charge in [-0.05, 0) is 37.0 Å². The average molecular weight is 486 g/mol. The fraction of sp³-hybridized carbons (Fsp3) is 1.00. The zero-order chi connectivity index (χ0) is 11.4. The Morgan fingerprint density at radius 1 is 0.471 bits per heavy atom. The topological polar surface area (TPSA) is 0 Å². The van der Waals surface area contributed by atoms with E-state index >= 15 is 0 Å². The van der Waals surface area contributed by atoms with E-state index in [0.717, 1.165) is 0 Å². The molecule has 0 saturated carbocycles. The van der Waals surface area contributed by atoms with Crippen molar-refractivity contribution in [1.29, 1.82) is 0 Å². The van der Waals surface area contributed by atoms with Crippen LogP contribution in [-0.4, -0.2) is 37.0 Å². The molecule has 0 amide bonds. The molecule has 0 aromatic rings. The van der Waals surface area contributed by atoms with Crippen LogP contribution in [0, 0.1) is 0 Å². The van der Waals surface area contributed by atoms with Crippen molar-refractivity contribution in [3.8, 4) is 0 Å². The van der Waals surface area contributed by atoms with Gasteiger partial charge in [-0.15, -0.1) is 15.8 Å². The van der Waals surface area contributed by atoms with E-state index in [0.29, 0.717) is 15.8 Å². The molecule has 0 aliphatic heterocycles. The molecule has 0 rings (SSSR count). The normalized spacial score (nSPS) is 8.47. The zero-order valence-corrected chi connectivity index (χ0v) is 19.3. The summed E-state index contributed by atoms with van der Waals surface area (Å²) in [5, 5.41) is 0. The average Bonchev–Trinajstić information content (AvgIpc) is 2.24. The van der Waals surface area contributed by atoms with Crippen LogP contribution in [0.4, 0.5) is 0 Å². The van der Waals surface area contributed by atoms with Gasteiger partial charge in [-0.3, -0.25) is 0 Å². The van der Waals surface area contributed by atoms with Crippen LogP contribution in [-0.2, 0) is 25.8 Å². The Labute approximate surface area is 144 Å². The van der Waals surface area contributed by atoms with Crippen molar-refractivity contribution in [3.63, 3.8) is 0 Å². The summed E-state index contributed by atoms with van der Waals surface area (Å²) in [6.45, 7) is 13.7. The van der Waals surface area contributed by atoms with Gasteiger partial charge >= 0.3 is 0 Å². The van der Waals surface area contributed by atoms with E-state index in [4.69, 9.17) is 0 Å². The van der Waals surface area contributed by atoms with E-state index in [-0.39, 0.29) is 50.7 Å². The van der Waals surface area contributed by atoms with Crippen molar-refractivity contribution in [2.75, 3.05) is 37.0 Å². The van der Waals surface area contributed by atoms with Crippen LogP contribution in [0.15, 0.2) is 0 Å². The molecule has 0 aliphatic carbocycles. The first-order valence-corrected chi connectivity index (χ1v) is 9.93. The van der Waals surface area contributed by atoms with Crippen LogP contribution < -0.4 is 24.8 Å². The van der Waals surface area contributed by atoms with Crippen LogP contribution in [0.3, 0.4) is 0 Å². The van der Waals surface area contributed by atoms with Gasteiger partial charge in [0.15, 0.2) is 0 Å². The third-order valence-electron chi connectivity index (χ3n) is 2.68. The van der Waals surface area contributed by atoms with Crippen molar-refractivity contribution < 1.29 is 50.7 Å². The van der Waals surface area contributed by atoms with Gasteiger partial charge in [-0.2, -0.15) is 0 Å². The van der Waals surface area contributed by atoms with Gasteiger partial charge in [0.25, 0.3) is 0 Å². The monoisotopic (exact) mass is 486 g/mol. The molecule has 0 atom stereocenters. The Bertz CT molecular complexity index is 77.5. The maximum Gasteiger partial charge on any atom is 0 e. The maximum absolute atomic E-state index is 2.29. The first-order chi connectivity index (χ1) is 6.69. The molecule has 0 bridgehead atoms. The number of hydrogen-bond donors (Lipinski definition) is 0. The molecule has 0 aromatic heterocycles. The molecule has 0 saturated heterocycles. The van der Waals surface area contributed by atoms with E-state index < -0.39 is 0 Å². The minimum absolute atomic E-state index is 0. The minimum atomic E-state index is 0. The molecule has 0 fully saturated rings. The Morgan fingerprint density at radius 3 is 0.588 bits per heavy atom. The molecule has 0 radical (unpaired) electrons. The summed E-state index contributed by atoms with van der Waals surface area (Å²) in [6.07, 6.45) is 8.51. The molecule has 17 heavy (non-hydrogen) atoms. The number of rotatable bonds is 6.